The predicted octanol–water partition coefficient (Wildman–Crippen LogP) is 2.47. The minimum atomic E-state index is -0.703. The van der Waals surface area contributed by atoms with Gasteiger partial charge in [-0.3, -0.25) is 4.79 Å². The molecule has 20 heavy (non-hydrogen) atoms. The van der Waals surface area contributed by atoms with E-state index in [1.807, 2.05) is 0 Å². The Morgan fingerprint density at radius 3 is 2.35 bits per heavy atom. The first-order valence-electron chi connectivity index (χ1n) is 6.14. The molecule has 4 nitrogen and oxygen atoms in total. The van der Waals surface area contributed by atoms with Crippen LogP contribution in [-0.2, 0) is 6.42 Å². The number of nitrogens with one attached hydrogen (secondary N) is 1. The Balaban J connectivity index is 2.37. The fourth-order valence-corrected chi connectivity index (χ4v) is 2.03. The van der Waals surface area contributed by atoms with Gasteiger partial charge in [0.15, 0.2) is 0 Å². The molecule has 2 N–H and O–H groups in total. The molecule has 2 aromatic rings. The minimum absolute atomic E-state index is 0.0237. The molecule has 2 rings (SSSR count). The highest BCUT2D eigenvalue weighted by molar-refractivity contribution is 5.28. The van der Waals surface area contributed by atoms with Crippen LogP contribution < -0.4 is 5.56 Å². The summed E-state index contributed by atoms with van der Waals surface area (Å²) >= 11 is 0. The summed E-state index contributed by atoms with van der Waals surface area (Å²) in [6, 6.07) is 3.06. The van der Waals surface area contributed by atoms with Crippen molar-refractivity contribution < 1.29 is 13.9 Å². The fourth-order valence-electron chi connectivity index (χ4n) is 2.03. The zero-order chi connectivity index (χ0) is 14.9. The van der Waals surface area contributed by atoms with Crippen molar-refractivity contribution in [2.75, 3.05) is 0 Å². The van der Waals surface area contributed by atoms with Crippen molar-refractivity contribution in [1.82, 2.24) is 9.97 Å². The molecule has 0 radical (unpaired) electrons. The summed E-state index contributed by atoms with van der Waals surface area (Å²) < 4.78 is 26.2. The van der Waals surface area contributed by atoms with Crippen LogP contribution in [0, 0.1) is 11.6 Å². The highest BCUT2D eigenvalue weighted by Crippen LogP contribution is 2.19. The van der Waals surface area contributed by atoms with E-state index in [2.05, 4.69) is 9.97 Å². The first-order valence-corrected chi connectivity index (χ1v) is 6.14. The van der Waals surface area contributed by atoms with Crippen LogP contribution in [-0.4, -0.2) is 15.1 Å². The average molecular weight is 280 g/mol. The van der Waals surface area contributed by atoms with Crippen molar-refractivity contribution in [3.63, 3.8) is 0 Å². The first kappa shape index (κ1) is 14.2. The Kier molecular flexibility index (Phi) is 3.83. The Hall–Kier alpha value is -2.24. The molecule has 1 heterocycles. The molecule has 6 heteroatoms. The van der Waals surface area contributed by atoms with Gasteiger partial charge in [-0.2, -0.15) is 4.98 Å². The van der Waals surface area contributed by atoms with E-state index in [0.717, 1.165) is 18.2 Å². The van der Waals surface area contributed by atoms with Crippen molar-refractivity contribution in [3.05, 3.63) is 57.1 Å². The van der Waals surface area contributed by atoms with E-state index in [1.165, 1.54) is 0 Å². The number of hydrogen-bond donors (Lipinski definition) is 2. The number of nitrogens with zero attached hydrogens (tertiary/aromatic N) is 1. The number of rotatable bonds is 3. The van der Waals surface area contributed by atoms with Gasteiger partial charge in [0, 0.05) is 12.5 Å². The second-order valence-corrected chi connectivity index (χ2v) is 4.86. The molecular formula is C14H14F2N2O2. The van der Waals surface area contributed by atoms with Gasteiger partial charge in [-0.1, -0.05) is 13.8 Å². The Bertz CT molecular complexity index is 676. The third-order valence-electron chi connectivity index (χ3n) is 2.86. The maximum atomic E-state index is 13.1. The lowest BCUT2D eigenvalue weighted by Crippen LogP contribution is -2.18. The van der Waals surface area contributed by atoms with Crippen LogP contribution in [0.15, 0.2) is 23.0 Å². The molecule has 0 saturated carbocycles. The van der Waals surface area contributed by atoms with Gasteiger partial charge in [0.1, 0.15) is 17.5 Å². The molecule has 1 aromatic carbocycles. The molecule has 106 valence electrons. The van der Waals surface area contributed by atoms with Gasteiger partial charge in [-0.05, 0) is 23.6 Å². The number of H-pyrrole nitrogens is 1. The van der Waals surface area contributed by atoms with Gasteiger partial charge in [0.25, 0.3) is 5.56 Å². The smallest absolute Gasteiger partial charge is 0.258 e. The van der Waals surface area contributed by atoms with Crippen LogP contribution >= 0.6 is 0 Å². The Morgan fingerprint density at radius 1 is 1.25 bits per heavy atom. The van der Waals surface area contributed by atoms with Gasteiger partial charge >= 0.3 is 0 Å². The predicted molar refractivity (Wildman–Crippen MR) is 69.8 cm³/mol. The van der Waals surface area contributed by atoms with Crippen LogP contribution in [0.4, 0.5) is 8.78 Å². The molecule has 0 fully saturated rings. The zero-order valence-electron chi connectivity index (χ0n) is 11.1. The number of benzene rings is 1. The number of aromatic hydroxyl groups is 1. The number of halogens is 2. The Labute approximate surface area is 114 Å². The van der Waals surface area contributed by atoms with E-state index < -0.39 is 17.2 Å². The standard InChI is InChI=1S/C14H14F2N2O2/c1-7(2)12-13(19)17-11(18-14(12)20)5-8-3-9(15)6-10(16)4-8/h3-4,6-7H,5H2,1-2H3,(H2,17,18,19,20). The third-order valence-corrected chi connectivity index (χ3v) is 2.86. The zero-order valence-corrected chi connectivity index (χ0v) is 11.1. The largest absolute Gasteiger partial charge is 0.493 e. The van der Waals surface area contributed by atoms with E-state index in [9.17, 15) is 18.7 Å². The second kappa shape index (κ2) is 5.40. The van der Waals surface area contributed by atoms with Gasteiger partial charge in [0.2, 0.25) is 5.88 Å². The lowest BCUT2D eigenvalue weighted by molar-refractivity contribution is 0.436. The summed E-state index contributed by atoms with van der Waals surface area (Å²) in [5.41, 5.74) is 0.0703. The molecule has 0 bridgehead atoms. The van der Waals surface area contributed by atoms with Crippen molar-refractivity contribution >= 4 is 0 Å². The summed E-state index contributed by atoms with van der Waals surface area (Å²) in [6.45, 7) is 3.52. The van der Waals surface area contributed by atoms with Crippen LogP contribution in [0.25, 0.3) is 0 Å². The van der Waals surface area contributed by atoms with Crippen molar-refractivity contribution in [2.24, 2.45) is 0 Å². The lowest BCUT2D eigenvalue weighted by atomic mass is 10.1. The van der Waals surface area contributed by atoms with E-state index in [0.29, 0.717) is 5.56 Å². The van der Waals surface area contributed by atoms with Gasteiger partial charge in [-0.15, -0.1) is 0 Å². The van der Waals surface area contributed by atoms with E-state index >= 15 is 0 Å². The normalized spacial score (nSPS) is 11.1. The van der Waals surface area contributed by atoms with E-state index in [4.69, 9.17) is 0 Å². The van der Waals surface area contributed by atoms with Crippen LogP contribution in [0.3, 0.4) is 0 Å². The second-order valence-electron chi connectivity index (χ2n) is 4.86. The average Bonchev–Trinajstić information content (AvgIpc) is 2.25. The van der Waals surface area contributed by atoms with Gasteiger partial charge < -0.3 is 10.1 Å². The molecule has 0 aliphatic carbocycles. The van der Waals surface area contributed by atoms with E-state index in [1.54, 1.807) is 13.8 Å². The molecule has 0 spiro atoms. The third kappa shape index (κ3) is 3.01. The molecular weight excluding hydrogens is 266 g/mol. The molecule has 0 saturated heterocycles. The van der Waals surface area contributed by atoms with Crippen LogP contribution in [0.5, 0.6) is 5.88 Å². The highest BCUT2D eigenvalue weighted by atomic mass is 19.1. The fraction of sp³-hybridized carbons (Fsp3) is 0.286. The summed E-state index contributed by atoms with van der Waals surface area (Å²) in [5.74, 6) is -1.78. The summed E-state index contributed by atoms with van der Waals surface area (Å²) in [4.78, 5) is 18.2. The molecule has 0 aliphatic rings. The molecule has 0 aliphatic heterocycles. The van der Waals surface area contributed by atoms with Crippen molar-refractivity contribution in [3.8, 4) is 5.88 Å². The topological polar surface area (TPSA) is 66.0 Å². The SMILES string of the molecule is CC(C)c1c(O)nc(Cc2cc(F)cc(F)c2)[nH]c1=O. The lowest BCUT2D eigenvalue weighted by Gasteiger charge is -2.08. The maximum Gasteiger partial charge on any atom is 0.258 e. The summed E-state index contributed by atoms with van der Waals surface area (Å²) in [6.07, 6.45) is 0.0237. The number of aromatic amines is 1. The monoisotopic (exact) mass is 280 g/mol. The van der Waals surface area contributed by atoms with Crippen molar-refractivity contribution in [1.29, 1.82) is 0 Å². The quantitative estimate of drug-likeness (QED) is 0.907. The number of aromatic nitrogens is 2. The highest BCUT2D eigenvalue weighted by Gasteiger charge is 2.14. The first-order chi connectivity index (χ1) is 9.36. The van der Waals surface area contributed by atoms with Crippen LogP contribution in [0.2, 0.25) is 0 Å². The van der Waals surface area contributed by atoms with Gasteiger partial charge in [-0.25, -0.2) is 8.78 Å². The Morgan fingerprint density at radius 2 is 1.85 bits per heavy atom. The molecule has 0 amide bonds. The minimum Gasteiger partial charge on any atom is -0.493 e. The maximum absolute atomic E-state index is 13.1. The molecule has 1 aromatic heterocycles. The summed E-state index contributed by atoms with van der Waals surface area (Å²) in [7, 11) is 0. The van der Waals surface area contributed by atoms with E-state index in [-0.39, 0.29) is 29.6 Å². The van der Waals surface area contributed by atoms with Gasteiger partial charge in [0.05, 0.1) is 5.56 Å². The van der Waals surface area contributed by atoms with Crippen molar-refractivity contribution in [2.45, 2.75) is 26.2 Å². The number of hydrogen-bond acceptors (Lipinski definition) is 3. The van der Waals surface area contributed by atoms with Crippen LogP contribution in [0.1, 0.15) is 36.7 Å². The summed E-state index contributed by atoms with van der Waals surface area (Å²) in [5, 5.41) is 9.75. The molecule has 0 atom stereocenters. The molecule has 0 unspecified atom stereocenters.